The number of halogens is 2. The number of benzene rings is 1. The van der Waals surface area contributed by atoms with Gasteiger partial charge in [-0.15, -0.1) is 0 Å². The summed E-state index contributed by atoms with van der Waals surface area (Å²) in [6.45, 7) is 1.63. The van der Waals surface area contributed by atoms with Gasteiger partial charge in [0.2, 0.25) is 5.91 Å². The number of carbonyl (C=O) groups excluding carboxylic acids is 1. The summed E-state index contributed by atoms with van der Waals surface area (Å²) in [7, 11) is 0. The molecule has 0 saturated heterocycles. The Hall–Kier alpha value is -1.98. The number of carboxylic acid groups (broad SMARTS) is 1. The summed E-state index contributed by atoms with van der Waals surface area (Å²) in [5.74, 6) is -3.90. The Morgan fingerprint density at radius 1 is 1.32 bits per heavy atom. The number of nitrogens with one attached hydrogen (secondary N) is 1. The lowest BCUT2D eigenvalue weighted by atomic mass is 10.1. The summed E-state index contributed by atoms with van der Waals surface area (Å²) in [5, 5.41) is 11.2. The number of rotatable bonds is 6. The molecule has 4 nitrogen and oxygen atoms in total. The van der Waals surface area contributed by atoms with Gasteiger partial charge in [0.15, 0.2) is 0 Å². The van der Waals surface area contributed by atoms with E-state index in [1.54, 1.807) is 6.92 Å². The first-order chi connectivity index (χ1) is 8.95. The number of amides is 1. The second kappa shape index (κ2) is 6.82. The molecule has 0 radical (unpaired) electrons. The van der Waals surface area contributed by atoms with Crippen molar-refractivity contribution in [1.82, 2.24) is 5.32 Å². The van der Waals surface area contributed by atoms with Gasteiger partial charge in [0.05, 0.1) is 12.3 Å². The zero-order valence-electron chi connectivity index (χ0n) is 10.5. The first-order valence-electron chi connectivity index (χ1n) is 5.88. The van der Waals surface area contributed by atoms with Crippen molar-refractivity contribution in [3.8, 4) is 0 Å². The van der Waals surface area contributed by atoms with Crippen LogP contribution in [0.2, 0.25) is 0 Å². The molecule has 1 amide bonds. The summed E-state index contributed by atoms with van der Waals surface area (Å²) < 4.78 is 26.6. The fourth-order valence-corrected chi connectivity index (χ4v) is 1.57. The maximum absolute atomic E-state index is 13.3. The van der Waals surface area contributed by atoms with Crippen molar-refractivity contribution in [3.63, 3.8) is 0 Å². The van der Waals surface area contributed by atoms with E-state index in [2.05, 4.69) is 5.32 Å². The number of hydrogen-bond donors (Lipinski definition) is 2. The second-order valence-corrected chi connectivity index (χ2v) is 4.12. The van der Waals surface area contributed by atoms with Crippen molar-refractivity contribution in [2.75, 3.05) is 6.54 Å². The molecule has 2 N–H and O–H groups in total. The van der Waals surface area contributed by atoms with Gasteiger partial charge in [-0.05, 0) is 18.6 Å². The highest BCUT2D eigenvalue weighted by molar-refractivity contribution is 5.79. The molecule has 19 heavy (non-hydrogen) atoms. The van der Waals surface area contributed by atoms with Gasteiger partial charge in [-0.2, -0.15) is 0 Å². The Labute approximate surface area is 109 Å². The fourth-order valence-electron chi connectivity index (χ4n) is 1.57. The maximum Gasteiger partial charge on any atom is 0.308 e. The van der Waals surface area contributed by atoms with Crippen LogP contribution in [0.1, 0.15) is 18.9 Å². The lowest BCUT2D eigenvalue weighted by molar-refractivity contribution is -0.141. The third-order valence-corrected chi connectivity index (χ3v) is 2.79. The number of aliphatic carboxylic acids is 1. The smallest absolute Gasteiger partial charge is 0.308 e. The molecule has 0 spiro atoms. The molecule has 0 aliphatic heterocycles. The van der Waals surface area contributed by atoms with Gasteiger partial charge in [-0.25, -0.2) is 8.78 Å². The average molecular weight is 271 g/mol. The third-order valence-electron chi connectivity index (χ3n) is 2.79. The average Bonchev–Trinajstić information content (AvgIpc) is 2.34. The van der Waals surface area contributed by atoms with Crippen LogP contribution in [0.4, 0.5) is 8.78 Å². The third kappa shape index (κ3) is 4.31. The largest absolute Gasteiger partial charge is 0.481 e. The molecule has 1 rings (SSSR count). The van der Waals surface area contributed by atoms with Crippen molar-refractivity contribution < 1.29 is 23.5 Å². The van der Waals surface area contributed by atoms with Gasteiger partial charge in [0.1, 0.15) is 11.6 Å². The van der Waals surface area contributed by atoms with Gasteiger partial charge >= 0.3 is 5.97 Å². The molecule has 0 bridgehead atoms. The van der Waals surface area contributed by atoms with E-state index in [0.717, 1.165) is 12.1 Å². The van der Waals surface area contributed by atoms with Crippen LogP contribution in [0.15, 0.2) is 18.2 Å². The van der Waals surface area contributed by atoms with Crippen molar-refractivity contribution in [2.45, 2.75) is 19.8 Å². The molecule has 1 unspecified atom stereocenters. The van der Waals surface area contributed by atoms with Gasteiger partial charge in [0, 0.05) is 12.1 Å². The Balaban J connectivity index is 2.59. The second-order valence-electron chi connectivity index (χ2n) is 4.12. The minimum atomic E-state index is -1.01. The van der Waals surface area contributed by atoms with Crippen LogP contribution in [0.3, 0.4) is 0 Å². The van der Waals surface area contributed by atoms with Crippen LogP contribution in [0, 0.1) is 17.6 Å². The molecule has 0 saturated carbocycles. The minimum absolute atomic E-state index is 0.0548. The lowest BCUT2D eigenvalue weighted by Gasteiger charge is -2.11. The van der Waals surface area contributed by atoms with Crippen molar-refractivity contribution in [2.24, 2.45) is 5.92 Å². The van der Waals surface area contributed by atoms with E-state index in [1.807, 2.05) is 0 Å². The standard InChI is InChI=1S/C13H15F2NO3/c1-2-8(13(18)19)7-16-12(17)6-9-10(14)4-3-5-11(9)15/h3-5,8H,2,6-7H2,1H3,(H,16,17)(H,18,19). The van der Waals surface area contributed by atoms with Gasteiger partial charge in [-0.1, -0.05) is 13.0 Å². The summed E-state index contributed by atoms with van der Waals surface area (Å²) >= 11 is 0. The van der Waals surface area contributed by atoms with Crippen molar-refractivity contribution in [3.05, 3.63) is 35.4 Å². The minimum Gasteiger partial charge on any atom is -0.481 e. The van der Waals surface area contributed by atoms with Crippen LogP contribution >= 0.6 is 0 Å². The van der Waals surface area contributed by atoms with E-state index in [0.29, 0.717) is 6.42 Å². The molecule has 0 aliphatic carbocycles. The Morgan fingerprint density at radius 2 is 1.89 bits per heavy atom. The first-order valence-corrected chi connectivity index (χ1v) is 5.88. The summed E-state index contributed by atoms with van der Waals surface area (Å²) in [6.07, 6.45) is -0.0851. The van der Waals surface area contributed by atoms with E-state index in [1.165, 1.54) is 6.07 Å². The molecule has 0 aromatic heterocycles. The number of carboxylic acids is 1. The van der Waals surface area contributed by atoms with E-state index >= 15 is 0 Å². The number of carbonyl (C=O) groups is 2. The molecule has 0 aliphatic rings. The highest BCUT2D eigenvalue weighted by Crippen LogP contribution is 2.12. The van der Waals surface area contributed by atoms with Crippen LogP contribution in [-0.4, -0.2) is 23.5 Å². The topological polar surface area (TPSA) is 66.4 Å². The summed E-state index contributed by atoms with van der Waals surface area (Å²) in [6, 6.07) is 3.35. The van der Waals surface area contributed by atoms with E-state index in [4.69, 9.17) is 5.11 Å². The molecule has 104 valence electrons. The Morgan fingerprint density at radius 3 is 2.37 bits per heavy atom. The monoisotopic (exact) mass is 271 g/mol. The zero-order valence-corrected chi connectivity index (χ0v) is 10.5. The van der Waals surface area contributed by atoms with Gasteiger partial charge < -0.3 is 10.4 Å². The fraction of sp³-hybridized carbons (Fsp3) is 0.385. The van der Waals surface area contributed by atoms with Crippen LogP contribution < -0.4 is 5.32 Å². The molecule has 0 heterocycles. The predicted molar refractivity (Wildman–Crippen MR) is 64.5 cm³/mol. The normalized spacial score (nSPS) is 11.9. The zero-order chi connectivity index (χ0) is 14.4. The molecular weight excluding hydrogens is 256 g/mol. The highest BCUT2D eigenvalue weighted by atomic mass is 19.1. The van der Waals surface area contributed by atoms with Crippen molar-refractivity contribution >= 4 is 11.9 Å². The number of hydrogen-bond acceptors (Lipinski definition) is 2. The SMILES string of the molecule is CCC(CNC(=O)Cc1c(F)cccc1F)C(=O)O. The van der Waals surface area contributed by atoms with Crippen molar-refractivity contribution in [1.29, 1.82) is 0 Å². The molecular formula is C13H15F2NO3. The predicted octanol–water partition coefficient (Wildman–Crippen LogP) is 1.73. The van der Waals surface area contributed by atoms with E-state index in [-0.39, 0.29) is 12.1 Å². The molecule has 0 fully saturated rings. The quantitative estimate of drug-likeness (QED) is 0.828. The van der Waals surface area contributed by atoms with E-state index < -0.39 is 35.8 Å². The molecule has 1 atom stereocenters. The van der Waals surface area contributed by atoms with Crippen LogP contribution in [0.25, 0.3) is 0 Å². The maximum atomic E-state index is 13.3. The molecule has 1 aromatic rings. The molecule has 1 aromatic carbocycles. The van der Waals surface area contributed by atoms with Crippen LogP contribution in [0.5, 0.6) is 0 Å². The first kappa shape index (κ1) is 15.1. The summed E-state index contributed by atoms with van der Waals surface area (Å²) in [5.41, 5.74) is -0.316. The van der Waals surface area contributed by atoms with Gasteiger partial charge in [-0.3, -0.25) is 9.59 Å². The van der Waals surface area contributed by atoms with Gasteiger partial charge in [0.25, 0.3) is 0 Å². The highest BCUT2D eigenvalue weighted by Gasteiger charge is 2.17. The molecule has 6 heteroatoms. The summed E-state index contributed by atoms with van der Waals surface area (Å²) in [4.78, 5) is 22.3. The van der Waals surface area contributed by atoms with Crippen LogP contribution in [-0.2, 0) is 16.0 Å². The lowest BCUT2D eigenvalue weighted by Crippen LogP contribution is -2.33. The Bertz CT molecular complexity index is 457. The Kier molecular flexibility index (Phi) is 5.41. The van der Waals surface area contributed by atoms with E-state index in [9.17, 15) is 18.4 Å².